The quantitative estimate of drug-likeness (QED) is 0.701. The van der Waals surface area contributed by atoms with Gasteiger partial charge in [0, 0.05) is 25.1 Å². The van der Waals surface area contributed by atoms with Crippen molar-refractivity contribution in [2.75, 3.05) is 20.2 Å². The van der Waals surface area contributed by atoms with E-state index >= 15 is 0 Å². The molecular weight excluding hydrogens is 392 g/mol. The van der Waals surface area contributed by atoms with Gasteiger partial charge in [0.25, 0.3) is 0 Å². The van der Waals surface area contributed by atoms with E-state index in [1.54, 1.807) is 0 Å². The Hall–Kier alpha value is -3.27. The van der Waals surface area contributed by atoms with E-state index in [9.17, 15) is 9.59 Å². The lowest BCUT2D eigenvalue weighted by atomic mass is 10.0. The zero-order valence-corrected chi connectivity index (χ0v) is 18.0. The predicted molar refractivity (Wildman–Crippen MR) is 117 cm³/mol. The molecule has 0 radical (unpaired) electrons. The van der Waals surface area contributed by atoms with Gasteiger partial charge in [-0.3, -0.25) is 4.79 Å². The minimum atomic E-state index is -0.478. The number of methoxy groups -OCH3 is 1. The van der Waals surface area contributed by atoms with Gasteiger partial charge in [-0.15, -0.1) is 6.42 Å². The molecule has 31 heavy (non-hydrogen) atoms. The number of hydrogen-bond acceptors (Lipinski definition) is 4. The molecule has 2 aliphatic rings. The van der Waals surface area contributed by atoms with Crippen LogP contribution in [0.4, 0.5) is 4.79 Å². The van der Waals surface area contributed by atoms with Crippen LogP contribution in [0.25, 0.3) is 11.3 Å². The third-order valence-electron chi connectivity index (χ3n) is 6.36. The van der Waals surface area contributed by atoms with Crippen molar-refractivity contribution in [2.45, 2.75) is 38.6 Å². The van der Waals surface area contributed by atoms with Gasteiger partial charge in [-0.05, 0) is 48.3 Å². The fraction of sp³-hybridized carbons (Fsp3) is 0.458. The van der Waals surface area contributed by atoms with Gasteiger partial charge in [-0.25, -0.2) is 9.78 Å². The number of imidazole rings is 1. The number of carbonyl (C=O) groups excluding carboxylic acids is 2. The summed E-state index contributed by atoms with van der Waals surface area (Å²) in [4.78, 5) is 34.5. The van der Waals surface area contributed by atoms with E-state index in [-0.39, 0.29) is 23.3 Å². The number of terminal acetylenes is 1. The Kier molecular flexibility index (Phi) is 5.73. The molecule has 2 unspecified atom stereocenters. The van der Waals surface area contributed by atoms with Crippen molar-refractivity contribution in [2.24, 2.45) is 11.3 Å². The largest absolute Gasteiger partial charge is 0.453 e. The van der Waals surface area contributed by atoms with E-state index in [4.69, 9.17) is 6.42 Å². The second kappa shape index (κ2) is 8.46. The highest BCUT2D eigenvalue weighted by molar-refractivity contribution is 5.77. The van der Waals surface area contributed by atoms with Gasteiger partial charge in [-0.1, -0.05) is 25.0 Å². The van der Waals surface area contributed by atoms with Crippen molar-refractivity contribution in [3.63, 3.8) is 0 Å². The molecule has 1 saturated heterocycles. The summed E-state index contributed by atoms with van der Waals surface area (Å²) in [7, 11) is 1.33. The molecule has 2 fully saturated rings. The first-order valence-corrected chi connectivity index (χ1v) is 10.7. The van der Waals surface area contributed by atoms with Crippen molar-refractivity contribution in [1.82, 2.24) is 20.2 Å². The molecule has 162 valence electrons. The number of H-pyrrole nitrogens is 1. The lowest BCUT2D eigenvalue weighted by Gasteiger charge is -2.25. The van der Waals surface area contributed by atoms with Gasteiger partial charge >= 0.3 is 6.09 Å². The Balaban J connectivity index is 1.46. The molecule has 2 atom stereocenters. The number of amides is 2. The zero-order valence-electron chi connectivity index (χ0n) is 18.0. The van der Waals surface area contributed by atoms with Crippen LogP contribution in [0.1, 0.15) is 50.0 Å². The number of ether oxygens (including phenoxy) is 1. The Morgan fingerprint density at radius 2 is 2.13 bits per heavy atom. The summed E-state index contributed by atoms with van der Waals surface area (Å²) in [6.07, 6.45) is 10.4. The van der Waals surface area contributed by atoms with Crippen LogP contribution < -0.4 is 5.32 Å². The van der Waals surface area contributed by atoms with Crippen LogP contribution in [0.2, 0.25) is 0 Å². The molecule has 1 aromatic carbocycles. The number of rotatable bonds is 6. The lowest BCUT2D eigenvalue weighted by molar-refractivity contribution is -0.133. The number of hydrogen-bond donors (Lipinski definition) is 2. The molecule has 1 aliphatic heterocycles. The average Bonchev–Trinajstić information content (AvgIpc) is 3.19. The fourth-order valence-electron chi connectivity index (χ4n) is 4.32. The Morgan fingerprint density at radius 3 is 2.77 bits per heavy atom. The zero-order chi connectivity index (χ0) is 22.0. The molecule has 7 nitrogen and oxygen atoms in total. The molecule has 2 aromatic rings. The van der Waals surface area contributed by atoms with Crippen molar-refractivity contribution in [1.29, 1.82) is 0 Å². The van der Waals surface area contributed by atoms with Gasteiger partial charge in [0.15, 0.2) is 0 Å². The van der Waals surface area contributed by atoms with Crippen LogP contribution in [0, 0.1) is 23.7 Å². The van der Waals surface area contributed by atoms with E-state index in [0.29, 0.717) is 13.0 Å². The number of benzene rings is 1. The molecule has 0 bridgehead atoms. The first-order valence-electron chi connectivity index (χ1n) is 10.7. The number of aromatic nitrogens is 2. The molecular formula is C24H28N4O3. The Labute approximate surface area is 182 Å². The Morgan fingerprint density at radius 1 is 1.39 bits per heavy atom. The third kappa shape index (κ3) is 4.58. The van der Waals surface area contributed by atoms with Crippen LogP contribution in [-0.2, 0) is 9.53 Å². The summed E-state index contributed by atoms with van der Waals surface area (Å²) in [5, 5.41) is 2.67. The normalized spacial score (nSPS) is 19.6. The van der Waals surface area contributed by atoms with Gasteiger partial charge < -0.3 is 19.9 Å². The highest BCUT2D eigenvalue weighted by Gasteiger charge is 2.54. The predicted octanol–water partition coefficient (Wildman–Crippen LogP) is 3.49. The number of carbonyl (C=O) groups is 2. The molecule has 1 saturated carbocycles. The molecule has 1 spiro atoms. The lowest BCUT2D eigenvalue weighted by Crippen LogP contribution is -2.35. The van der Waals surface area contributed by atoms with Gasteiger partial charge in [-0.2, -0.15) is 0 Å². The molecule has 7 heteroatoms. The standard InChI is InChI=1S/C24H28N4O3/c1-4-17-5-7-18(8-6-17)19-14-25-22(27-19)20-12-24(9-10-24)15-28(20)21(29)11-16(2)13-26-23(30)31-3/h1,5-8,14,16,20H,9-13,15H2,2-3H3,(H,25,27)(H,26,30). The van der Waals surface area contributed by atoms with Crippen molar-refractivity contribution in [3.05, 3.63) is 41.9 Å². The minimum absolute atomic E-state index is 0.0184. The van der Waals surface area contributed by atoms with E-state index in [1.807, 2.05) is 42.3 Å². The van der Waals surface area contributed by atoms with Gasteiger partial charge in [0.2, 0.25) is 5.91 Å². The average molecular weight is 421 g/mol. The first-order chi connectivity index (χ1) is 14.9. The molecule has 2 heterocycles. The summed E-state index contributed by atoms with van der Waals surface area (Å²) < 4.78 is 4.60. The van der Waals surface area contributed by atoms with Crippen molar-refractivity contribution >= 4 is 12.0 Å². The number of nitrogens with one attached hydrogen (secondary N) is 2. The van der Waals surface area contributed by atoms with E-state index < -0.39 is 6.09 Å². The third-order valence-corrected chi connectivity index (χ3v) is 6.36. The molecule has 4 rings (SSSR count). The van der Waals surface area contributed by atoms with Gasteiger partial charge in [0.1, 0.15) is 5.82 Å². The van der Waals surface area contributed by atoms with E-state index in [2.05, 4.69) is 25.9 Å². The number of likely N-dealkylation sites (tertiary alicyclic amines) is 1. The summed E-state index contributed by atoms with van der Waals surface area (Å²) in [5.74, 6) is 3.57. The topological polar surface area (TPSA) is 87.3 Å². The summed E-state index contributed by atoms with van der Waals surface area (Å²) >= 11 is 0. The fourth-order valence-corrected chi connectivity index (χ4v) is 4.32. The van der Waals surface area contributed by atoms with Crippen LogP contribution in [-0.4, -0.2) is 47.1 Å². The SMILES string of the molecule is C#Cc1ccc(-c2cnc(C3CC4(CC4)CN3C(=O)CC(C)CNC(=O)OC)[nH]2)cc1. The van der Waals surface area contributed by atoms with E-state index in [1.165, 1.54) is 7.11 Å². The van der Waals surface area contributed by atoms with Crippen LogP contribution >= 0.6 is 0 Å². The molecule has 1 aromatic heterocycles. The molecule has 2 N–H and O–H groups in total. The second-order valence-corrected chi connectivity index (χ2v) is 8.83. The molecule has 1 aliphatic carbocycles. The van der Waals surface area contributed by atoms with Crippen LogP contribution in [0.15, 0.2) is 30.5 Å². The smallest absolute Gasteiger partial charge is 0.406 e. The summed E-state index contributed by atoms with van der Waals surface area (Å²) in [6, 6.07) is 7.72. The van der Waals surface area contributed by atoms with Crippen molar-refractivity contribution < 1.29 is 14.3 Å². The number of nitrogens with zero attached hydrogens (tertiary/aromatic N) is 2. The minimum Gasteiger partial charge on any atom is -0.453 e. The van der Waals surface area contributed by atoms with Crippen LogP contribution in [0.3, 0.4) is 0 Å². The molecule has 2 amide bonds. The maximum absolute atomic E-state index is 13.1. The number of aromatic amines is 1. The highest BCUT2D eigenvalue weighted by atomic mass is 16.5. The number of alkyl carbamates (subject to hydrolysis) is 1. The highest BCUT2D eigenvalue weighted by Crippen LogP contribution is 2.58. The van der Waals surface area contributed by atoms with Crippen LogP contribution in [0.5, 0.6) is 0 Å². The van der Waals surface area contributed by atoms with E-state index in [0.717, 1.165) is 48.5 Å². The maximum atomic E-state index is 13.1. The maximum Gasteiger partial charge on any atom is 0.406 e. The van der Waals surface area contributed by atoms with Gasteiger partial charge in [0.05, 0.1) is 25.0 Å². The Bertz CT molecular complexity index is 1000. The van der Waals surface area contributed by atoms with Crippen molar-refractivity contribution in [3.8, 4) is 23.6 Å². The first kappa shape index (κ1) is 21.0. The monoisotopic (exact) mass is 420 g/mol. The second-order valence-electron chi connectivity index (χ2n) is 8.83. The summed E-state index contributed by atoms with van der Waals surface area (Å²) in [6.45, 7) is 3.14. The summed E-state index contributed by atoms with van der Waals surface area (Å²) in [5.41, 5.74) is 3.01.